The zero-order chi connectivity index (χ0) is 21.7. The number of unbranched alkanes of at least 4 members (excludes halogenated alkanes) is 1. The number of imidazole rings is 1. The van der Waals surface area contributed by atoms with Crippen LogP contribution < -0.4 is 0 Å². The monoisotopic (exact) mass is 433 g/mol. The van der Waals surface area contributed by atoms with Gasteiger partial charge in [0.25, 0.3) is 5.91 Å². The predicted molar refractivity (Wildman–Crippen MR) is 114 cm³/mol. The lowest BCUT2D eigenvalue weighted by Crippen LogP contribution is -2.40. The Morgan fingerprint density at radius 1 is 1.30 bits per heavy atom. The van der Waals surface area contributed by atoms with E-state index in [1.54, 1.807) is 19.2 Å². The summed E-state index contributed by atoms with van der Waals surface area (Å²) >= 11 is 6.34. The molecule has 2 aromatic rings. The van der Waals surface area contributed by atoms with Crippen molar-refractivity contribution < 1.29 is 19.4 Å². The van der Waals surface area contributed by atoms with E-state index in [9.17, 15) is 14.7 Å². The topological polar surface area (TPSA) is 84.7 Å². The summed E-state index contributed by atoms with van der Waals surface area (Å²) in [6.45, 7) is 3.57. The van der Waals surface area contributed by atoms with E-state index in [1.807, 2.05) is 12.1 Å². The first kappa shape index (κ1) is 22.3. The van der Waals surface area contributed by atoms with E-state index in [0.717, 1.165) is 36.3 Å². The van der Waals surface area contributed by atoms with Gasteiger partial charge in [-0.3, -0.25) is 4.79 Å². The molecule has 1 atom stereocenters. The SMILES string of the molecule is CCCCc1nc(Cl)c(COC)n1Cc1ccc(C(=O)N2CCC[C@H]2C(=O)O)cc1. The Kier molecular flexibility index (Phi) is 7.50. The van der Waals surface area contributed by atoms with Crippen molar-refractivity contribution in [3.63, 3.8) is 0 Å². The van der Waals surface area contributed by atoms with Crippen molar-refractivity contribution in [2.24, 2.45) is 0 Å². The van der Waals surface area contributed by atoms with Gasteiger partial charge < -0.3 is 19.3 Å². The summed E-state index contributed by atoms with van der Waals surface area (Å²) in [7, 11) is 1.63. The van der Waals surface area contributed by atoms with E-state index in [1.165, 1.54) is 4.90 Å². The molecule has 1 aromatic heterocycles. The van der Waals surface area contributed by atoms with Gasteiger partial charge in [-0.1, -0.05) is 37.1 Å². The Labute approximate surface area is 181 Å². The van der Waals surface area contributed by atoms with Gasteiger partial charge in [-0.2, -0.15) is 0 Å². The molecule has 0 saturated carbocycles. The zero-order valence-corrected chi connectivity index (χ0v) is 18.2. The number of methoxy groups -OCH3 is 1. The minimum Gasteiger partial charge on any atom is -0.480 e. The van der Waals surface area contributed by atoms with Crippen molar-refractivity contribution in [2.45, 2.75) is 58.2 Å². The number of aryl methyl sites for hydroxylation is 1. The molecule has 0 unspecified atom stereocenters. The number of amides is 1. The first-order chi connectivity index (χ1) is 14.5. The third-order valence-corrected chi connectivity index (χ3v) is 5.78. The average molecular weight is 434 g/mol. The fourth-order valence-corrected chi connectivity index (χ4v) is 4.11. The first-order valence-corrected chi connectivity index (χ1v) is 10.7. The van der Waals surface area contributed by atoms with Crippen molar-refractivity contribution in [2.75, 3.05) is 13.7 Å². The maximum atomic E-state index is 12.8. The van der Waals surface area contributed by atoms with Gasteiger partial charge in [0.05, 0.1) is 12.3 Å². The zero-order valence-electron chi connectivity index (χ0n) is 17.4. The molecule has 1 fully saturated rings. The Morgan fingerprint density at radius 3 is 2.67 bits per heavy atom. The van der Waals surface area contributed by atoms with Crippen LogP contribution in [0.2, 0.25) is 5.15 Å². The van der Waals surface area contributed by atoms with Gasteiger partial charge in [0.1, 0.15) is 11.9 Å². The molecule has 0 spiro atoms. The third kappa shape index (κ3) is 4.84. The maximum absolute atomic E-state index is 12.8. The molecule has 7 nitrogen and oxygen atoms in total. The fraction of sp³-hybridized carbons (Fsp3) is 0.500. The number of halogens is 1. The molecule has 0 radical (unpaired) electrons. The van der Waals surface area contributed by atoms with Crippen molar-refractivity contribution >= 4 is 23.5 Å². The summed E-state index contributed by atoms with van der Waals surface area (Å²) in [6.07, 6.45) is 4.14. The number of aliphatic carboxylic acids is 1. The second-order valence-corrected chi connectivity index (χ2v) is 7.94. The van der Waals surface area contributed by atoms with Gasteiger partial charge in [0.15, 0.2) is 5.15 Å². The second-order valence-electron chi connectivity index (χ2n) is 7.58. The van der Waals surface area contributed by atoms with E-state index < -0.39 is 12.0 Å². The highest BCUT2D eigenvalue weighted by Gasteiger charge is 2.34. The minimum absolute atomic E-state index is 0.235. The van der Waals surface area contributed by atoms with Crippen molar-refractivity contribution in [3.8, 4) is 0 Å². The van der Waals surface area contributed by atoms with Crippen LogP contribution in [0.15, 0.2) is 24.3 Å². The van der Waals surface area contributed by atoms with Crippen molar-refractivity contribution in [1.29, 1.82) is 0 Å². The number of aromatic nitrogens is 2. The number of benzene rings is 1. The Bertz CT molecular complexity index is 895. The fourth-order valence-electron chi connectivity index (χ4n) is 3.86. The molecule has 1 aliphatic heterocycles. The highest BCUT2D eigenvalue weighted by atomic mass is 35.5. The van der Waals surface area contributed by atoms with Crippen LogP contribution in [0.1, 0.15) is 60.0 Å². The number of likely N-dealkylation sites (tertiary alicyclic amines) is 1. The molecular formula is C22H28ClN3O4. The Hall–Kier alpha value is -2.38. The lowest BCUT2D eigenvalue weighted by molar-refractivity contribution is -0.141. The highest BCUT2D eigenvalue weighted by Crippen LogP contribution is 2.23. The molecule has 30 heavy (non-hydrogen) atoms. The molecule has 1 aromatic carbocycles. The quantitative estimate of drug-likeness (QED) is 0.650. The molecule has 1 N–H and O–H groups in total. The van der Waals surface area contributed by atoms with Gasteiger partial charge in [-0.25, -0.2) is 9.78 Å². The van der Waals surface area contributed by atoms with Crippen molar-refractivity contribution in [3.05, 3.63) is 52.1 Å². The van der Waals surface area contributed by atoms with Crippen LogP contribution in [0.4, 0.5) is 0 Å². The number of hydrogen-bond acceptors (Lipinski definition) is 4. The Balaban J connectivity index is 1.79. The number of rotatable bonds is 9. The molecule has 2 heterocycles. The molecule has 1 amide bonds. The van der Waals surface area contributed by atoms with Crippen LogP contribution in [0, 0.1) is 0 Å². The van der Waals surface area contributed by atoms with Crippen LogP contribution in [0.5, 0.6) is 0 Å². The maximum Gasteiger partial charge on any atom is 0.326 e. The van der Waals surface area contributed by atoms with E-state index >= 15 is 0 Å². The number of carbonyl (C=O) groups excluding carboxylic acids is 1. The van der Waals surface area contributed by atoms with Gasteiger partial charge >= 0.3 is 5.97 Å². The standard InChI is InChI=1S/C22H28ClN3O4/c1-3-4-7-19-24-20(23)18(14-30-2)26(19)13-15-8-10-16(11-9-15)21(27)25-12-5-6-17(25)22(28)29/h8-11,17H,3-7,12-14H2,1-2H3,(H,28,29)/t17-/m0/s1. The van der Waals surface area contributed by atoms with Crippen LogP contribution in [0.25, 0.3) is 0 Å². The number of carbonyl (C=O) groups is 2. The van der Waals surface area contributed by atoms with Gasteiger partial charge in [0.2, 0.25) is 0 Å². The normalized spacial score (nSPS) is 16.2. The number of carboxylic acids is 1. The molecule has 3 rings (SSSR count). The minimum atomic E-state index is -0.945. The number of carboxylic acid groups (broad SMARTS) is 1. The average Bonchev–Trinajstić information content (AvgIpc) is 3.33. The van der Waals surface area contributed by atoms with E-state index in [2.05, 4.69) is 16.5 Å². The Morgan fingerprint density at radius 2 is 2.03 bits per heavy atom. The molecule has 0 bridgehead atoms. The van der Waals surface area contributed by atoms with Gasteiger partial charge in [-0.05, 0) is 37.0 Å². The van der Waals surface area contributed by atoms with Crippen molar-refractivity contribution in [1.82, 2.24) is 14.5 Å². The van der Waals surface area contributed by atoms with Crippen LogP contribution in [-0.2, 0) is 29.1 Å². The predicted octanol–water partition coefficient (Wildman–Crippen LogP) is 3.76. The summed E-state index contributed by atoms with van der Waals surface area (Å²) in [5, 5.41) is 9.78. The van der Waals surface area contributed by atoms with Crippen LogP contribution in [0.3, 0.4) is 0 Å². The number of hydrogen-bond donors (Lipinski definition) is 1. The summed E-state index contributed by atoms with van der Waals surface area (Å²) in [5.74, 6) is -0.254. The molecule has 162 valence electrons. The third-order valence-electron chi connectivity index (χ3n) is 5.48. The molecular weight excluding hydrogens is 406 g/mol. The highest BCUT2D eigenvalue weighted by molar-refractivity contribution is 6.30. The smallest absolute Gasteiger partial charge is 0.326 e. The van der Waals surface area contributed by atoms with E-state index in [-0.39, 0.29) is 5.91 Å². The first-order valence-electron chi connectivity index (χ1n) is 10.3. The van der Waals surface area contributed by atoms with Gasteiger partial charge in [-0.15, -0.1) is 0 Å². The van der Waals surface area contributed by atoms with Gasteiger partial charge in [0, 0.05) is 32.2 Å². The van der Waals surface area contributed by atoms with E-state index in [0.29, 0.717) is 43.3 Å². The lowest BCUT2D eigenvalue weighted by Gasteiger charge is -2.21. The molecule has 1 aliphatic rings. The molecule has 8 heteroatoms. The second kappa shape index (κ2) is 10.1. The van der Waals surface area contributed by atoms with Crippen LogP contribution >= 0.6 is 11.6 Å². The summed E-state index contributed by atoms with van der Waals surface area (Å²) in [6, 6.07) is 6.58. The molecule has 0 aliphatic carbocycles. The molecule has 1 saturated heterocycles. The summed E-state index contributed by atoms with van der Waals surface area (Å²) < 4.78 is 7.38. The number of nitrogens with zero attached hydrogens (tertiary/aromatic N) is 3. The lowest BCUT2D eigenvalue weighted by atomic mass is 10.1. The number of ether oxygens (including phenoxy) is 1. The largest absolute Gasteiger partial charge is 0.480 e. The van der Waals surface area contributed by atoms with Crippen LogP contribution in [-0.4, -0.2) is 51.1 Å². The summed E-state index contributed by atoms with van der Waals surface area (Å²) in [4.78, 5) is 30.1. The van der Waals surface area contributed by atoms with E-state index in [4.69, 9.17) is 16.3 Å². The summed E-state index contributed by atoms with van der Waals surface area (Å²) in [5.41, 5.74) is 2.34.